The van der Waals surface area contributed by atoms with E-state index in [1.54, 1.807) is 0 Å². The normalized spacial score (nSPS) is 10.4. The van der Waals surface area contributed by atoms with Crippen LogP contribution in [0.5, 0.6) is 0 Å². The number of aryl methyl sites for hydroxylation is 1. The zero-order valence-electron chi connectivity index (χ0n) is 10.3. The first-order valence-electron chi connectivity index (χ1n) is 5.71. The molecule has 94 valence electrons. The van der Waals surface area contributed by atoms with Crippen LogP contribution in [-0.4, -0.2) is 16.5 Å². The summed E-state index contributed by atoms with van der Waals surface area (Å²) in [5.41, 5.74) is 2.15. The van der Waals surface area contributed by atoms with Crippen molar-refractivity contribution in [2.45, 2.75) is 13.8 Å². The highest BCUT2D eigenvalue weighted by Crippen LogP contribution is 2.25. The van der Waals surface area contributed by atoms with E-state index < -0.39 is 0 Å². The monoisotopic (exact) mass is 355 g/mol. The van der Waals surface area contributed by atoms with Gasteiger partial charge in [0.2, 0.25) is 0 Å². The number of aromatic nitrogens is 2. The average Bonchev–Trinajstić information content (AvgIpc) is 2.37. The summed E-state index contributed by atoms with van der Waals surface area (Å²) >= 11 is 2.03. The van der Waals surface area contributed by atoms with Crippen molar-refractivity contribution in [3.63, 3.8) is 0 Å². The SMILES string of the molecule is CCN(c1ccc(C)cc1)c1nc[nH]c(=O)c1I. The Morgan fingerprint density at radius 2 is 2.00 bits per heavy atom. The molecule has 0 bridgehead atoms. The summed E-state index contributed by atoms with van der Waals surface area (Å²) in [4.78, 5) is 20.5. The van der Waals surface area contributed by atoms with Gasteiger partial charge in [-0.25, -0.2) is 4.98 Å². The molecule has 4 nitrogen and oxygen atoms in total. The van der Waals surface area contributed by atoms with Crippen LogP contribution in [0.4, 0.5) is 11.5 Å². The number of hydrogen-bond acceptors (Lipinski definition) is 3. The zero-order chi connectivity index (χ0) is 13.1. The second-order valence-electron chi connectivity index (χ2n) is 3.95. The Bertz CT molecular complexity index is 592. The maximum atomic E-state index is 11.6. The minimum atomic E-state index is -0.105. The summed E-state index contributed by atoms with van der Waals surface area (Å²) in [6.07, 6.45) is 1.44. The number of nitrogens with one attached hydrogen (secondary N) is 1. The van der Waals surface area contributed by atoms with Gasteiger partial charge in [-0.15, -0.1) is 0 Å². The molecule has 2 rings (SSSR count). The second-order valence-corrected chi connectivity index (χ2v) is 5.03. The predicted molar refractivity (Wildman–Crippen MR) is 81.4 cm³/mol. The molecule has 0 saturated heterocycles. The number of aromatic amines is 1. The van der Waals surface area contributed by atoms with E-state index in [4.69, 9.17) is 0 Å². The Morgan fingerprint density at radius 1 is 1.33 bits per heavy atom. The molecule has 1 N–H and O–H groups in total. The molecule has 0 aliphatic heterocycles. The highest BCUT2D eigenvalue weighted by Gasteiger charge is 2.13. The Morgan fingerprint density at radius 3 is 2.61 bits per heavy atom. The number of halogens is 1. The molecule has 0 amide bonds. The standard InChI is InChI=1S/C13H14IN3O/c1-3-17(10-6-4-9(2)5-7-10)12-11(14)13(18)16-8-15-12/h4-8H,3H2,1-2H3,(H,15,16,18). The Hall–Kier alpha value is -1.37. The quantitative estimate of drug-likeness (QED) is 0.862. The molecular formula is C13H14IN3O. The van der Waals surface area contributed by atoms with Gasteiger partial charge in [0.1, 0.15) is 3.57 Å². The molecule has 0 unspecified atom stereocenters. The number of anilines is 2. The number of hydrogen-bond donors (Lipinski definition) is 1. The first-order chi connectivity index (χ1) is 8.63. The third-order valence-electron chi connectivity index (χ3n) is 2.70. The molecule has 0 radical (unpaired) electrons. The highest BCUT2D eigenvalue weighted by molar-refractivity contribution is 14.1. The number of H-pyrrole nitrogens is 1. The zero-order valence-corrected chi connectivity index (χ0v) is 12.4. The van der Waals surface area contributed by atoms with E-state index in [-0.39, 0.29) is 5.56 Å². The number of rotatable bonds is 3. The van der Waals surface area contributed by atoms with E-state index in [0.717, 1.165) is 12.2 Å². The smallest absolute Gasteiger partial charge is 0.266 e. The molecule has 0 aliphatic rings. The largest absolute Gasteiger partial charge is 0.326 e. The summed E-state index contributed by atoms with van der Waals surface area (Å²) in [6.45, 7) is 4.85. The predicted octanol–water partition coefficient (Wildman–Crippen LogP) is 2.84. The Kier molecular flexibility index (Phi) is 4.00. The van der Waals surface area contributed by atoms with Crippen molar-refractivity contribution in [1.82, 2.24) is 9.97 Å². The highest BCUT2D eigenvalue weighted by atomic mass is 127. The molecule has 18 heavy (non-hydrogen) atoms. The molecule has 2 aromatic rings. The van der Waals surface area contributed by atoms with Crippen LogP contribution in [0.15, 0.2) is 35.4 Å². The molecule has 1 aromatic heterocycles. The van der Waals surface area contributed by atoms with E-state index in [0.29, 0.717) is 9.39 Å². The average molecular weight is 355 g/mol. The van der Waals surface area contributed by atoms with Crippen LogP contribution in [0.2, 0.25) is 0 Å². The first kappa shape index (κ1) is 13.1. The van der Waals surface area contributed by atoms with Gasteiger partial charge in [-0.1, -0.05) is 17.7 Å². The van der Waals surface area contributed by atoms with Crippen LogP contribution in [0, 0.1) is 10.5 Å². The molecule has 0 aliphatic carbocycles. The van der Waals surface area contributed by atoms with Gasteiger partial charge in [-0.2, -0.15) is 0 Å². The summed E-state index contributed by atoms with van der Waals surface area (Å²) < 4.78 is 0.609. The van der Waals surface area contributed by atoms with Gasteiger partial charge in [0.15, 0.2) is 5.82 Å². The van der Waals surface area contributed by atoms with Crippen LogP contribution in [-0.2, 0) is 0 Å². The van der Waals surface area contributed by atoms with Crippen LogP contribution in [0.3, 0.4) is 0 Å². The Balaban J connectivity index is 2.48. The lowest BCUT2D eigenvalue weighted by molar-refractivity contribution is 0.957. The van der Waals surface area contributed by atoms with Gasteiger partial charge in [0.25, 0.3) is 5.56 Å². The lowest BCUT2D eigenvalue weighted by Gasteiger charge is -2.22. The lowest BCUT2D eigenvalue weighted by Crippen LogP contribution is -2.23. The van der Waals surface area contributed by atoms with Crippen molar-refractivity contribution in [3.8, 4) is 0 Å². The summed E-state index contributed by atoms with van der Waals surface area (Å²) in [7, 11) is 0. The van der Waals surface area contributed by atoms with Gasteiger partial charge >= 0.3 is 0 Å². The van der Waals surface area contributed by atoms with Gasteiger partial charge in [0, 0.05) is 12.2 Å². The van der Waals surface area contributed by atoms with Gasteiger partial charge in [0.05, 0.1) is 6.33 Å². The van der Waals surface area contributed by atoms with E-state index >= 15 is 0 Å². The van der Waals surface area contributed by atoms with Crippen molar-refractivity contribution < 1.29 is 0 Å². The summed E-state index contributed by atoms with van der Waals surface area (Å²) in [6, 6.07) is 8.19. The van der Waals surface area contributed by atoms with E-state index in [1.165, 1.54) is 11.9 Å². The maximum absolute atomic E-state index is 11.6. The molecular weight excluding hydrogens is 341 g/mol. The van der Waals surface area contributed by atoms with Crippen LogP contribution in [0.25, 0.3) is 0 Å². The van der Waals surface area contributed by atoms with Crippen molar-refractivity contribution in [2.75, 3.05) is 11.4 Å². The van der Waals surface area contributed by atoms with E-state index in [9.17, 15) is 4.79 Å². The van der Waals surface area contributed by atoms with Crippen molar-refractivity contribution in [1.29, 1.82) is 0 Å². The number of nitrogens with zero attached hydrogens (tertiary/aromatic N) is 2. The van der Waals surface area contributed by atoms with Crippen LogP contribution >= 0.6 is 22.6 Å². The topological polar surface area (TPSA) is 49.0 Å². The molecule has 0 atom stereocenters. The van der Waals surface area contributed by atoms with Gasteiger partial charge in [-0.05, 0) is 48.6 Å². The second kappa shape index (κ2) is 5.51. The minimum Gasteiger partial charge on any atom is -0.326 e. The molecule has 1 aromatic carbocycles. The van der Waals surface area contributed by atoms with E-state index in [1.807, 2.05) is 46.5 Å². The third kappa shape index (κ3) is 2.55. The van der Waals surface area contributed by atoms with Crippen molar-refractivity contribution >= 4 is 34.1 Å². The van der Waals surface area contributed by atoms with Gasteiger partial charge < -0.3 is 9.88 Å². The summed E-state index contributed by atoms with van der Waals surface area (Å²) in [5.74, 6) is 0.700. The molecule has 5 heteroatoms. The fourth-order valence-electron chi connectivity index (χ4n) is 1.74. The third-order valence-corrected chi connectivity index (χ3v) is 3.67. The van der Waals surface area contributed by atoms with Gasteiger partial charge in [-0.3, -0.25) is 4.79 Å². The fraction of sp³-hybridized carbons (Fsp3) is 0.231. The number of benzene rings is 1. The van der Waals surface area contributed by atoms with E-state index in [2.05, 4.69) is 29.0 Å². The maximum Gasteiger partial charge on any atom is 0.266 e. The molecule has 1 heterocycles. The minimum absolute atomic E-state index is 0.105. The first-order valence-corrected chi connectivity index (χ1v) is 6.78. The summed E-state index contributed by atoms with van der Waals surface area (Å²) in [5, 5.41) is 0. The van der Waals surface area contributed by atoms with Crippen molar-refractivity contribution in [2.24, 2.45) is 0 Å². The van der Waals surface area contributed by atoms with Crippen LogP contribution < -0.4 is 10.5 Å². The molecule has 0 spiro atoms. The molecule has 0 saturated carbocycles. The molecule has 0 fully saturated rings. The van der Waals surface area contributed by atoms with Crippen molar-refractivity contribution in [3.05, 3.63) is 50.1 Å². The lowest BCUT2D eigenvalue weighted by atomic mass is 10.2. The van der Waals surface area contributed by atoms with Crippen LogP contribution in [0.1, 0.15) is 12.5 Å². The Labute approximate surface area is 119 Å². The fourth-order valence-corrected chi connectivity index (χ4v) is 2.33.